The standard InChI is InChI=1S/C11H11NO3/c1-6(2)7-3-4-9-8(5-7)10(13)15-11(14)12-9/h3-6H,1-2H3,(H,12,14). The molecule has 78 valence electrons. The molecule has 0 amide bonds. The lowest BCUT2D eigenvalue weighted by atomic mass is 10.0. The van der Waals surface area contributed by atoms with Gasteiger partial charge in [0.15, 0.2) is 0 Å². The summed E-state index contributed by atoms with van der Waals surface area (Å²) >= 11 is 0. The van der Waals surface area contributed by atoms with Crippen LogP contribution in [0.25, 0.3) is 10.9 Å². The Kier molecular flexibility index (Phi) is 2.19. The predicted octanol–water partition coefficient (Wildman–Crippen LogP) is 1.60. The molecule has 4 heteroatoms. The van der Waals surface area contributed by atoms with Crippen LogP contribution in [0.2, 0.25) is 0 Å². The lowest BCUT2D eigenvalue weighted by Gasteiger charge is -2.05. The van der Waals surface area contributed by atoms with Gasteiger partial charge < -0.3 is 4.42 Å². The van der Waals surface area contributed by atoms with Crippen LogP contribution in [0.3, 0.4) is 0 Å². The molecule has 0 saturated carbocycles. The van der Waals surface area contributed by atoms with Crippen LogP contribution in [0.15, 0.2) is 32.2 Å². The van der Waals surface area contributed by atoms with E-state index in [4.69, 9.17) is 0 Å². The van der Waals surface area contributed by atoms with E-state index in [1.165, 1.54) is 0 Å². The van der Waals surface area contributed by atoms with Crippen molar-refractivity contribution in [2.45, 2.75) is 19.8 Å². The van der Waals surface area contributed by atoms with Crippen molar-refractivity contribution in [1.82, 2.24) is 4.98 Å². The molecule has 0 aliphatic heterocycles. The van der Waals surface area contributed by atoms with E-state index in [1.54, 1.807) is 12.1 Å². The minimum Gasteiger partial charge on any atom is -0.372 e. The summed E-state index contributed by atoms with van der Waals surface area (Å²) in [5.74, 6) is -0.384. The number of hydrogen-bond acceptors (Lipinski definition) is 3. The Balaban J connectivity index is 2.83. The van der Waals surface area contributed by atoms with Gasteiger partial charge in [0, 0.05) is 0 Å². The third-order valence-electron chi connectivity index (χ3n) is 2.35. The number of H-pyrrole nitrogens is 1. The molecule has 4 nitrogen and oxygen atoms in total. The molecule has 0 radical (unpaired) electrons. The van der Waals surface area contributed by atoms with Crippen LogP contribution in [-0.4, -0.2) is 4.98 Å². The van der Waals surface area contributed by atoms with E-state index < -0.39 is 11.4 Å². The van der Waals surface area contributed by atoms with Crippen molar-refractivity contribution < 1.29 is 4.42 Å². The van der Waals surface area contributed by atoms with E-state index in [-0.39, 0.29) is 0 Å². The van der Waals surface area contributed by atoms with Crippen molar-refractivity contribution >= 4 is 10.9 Å². The minimum atomic E-state index is -0.718. The van der Waals surface area contributed by atoms with E-state index in [1.807, 2.05) is 19.9 Å². The molecule has 0 aliphatic rings. The van der Waals surface area contributed by atoms with Crippen molar-refractivity contribution in [3.05, 3.63) is 44.7 Å². The largest absolute Gasteiger partial charge is 0.419 e. The summed E-state index contributed by atoms with van der Waals surface area (Å²) in [4.78, 5) is 24.8. The number of benzene rings is 1. The van der Waals surface area contributed by atoms with Crippen LogP contribution in [0.1, 0.15) is 25.3 Å². The Morgan fingerprint density at radius 1 is 1.27 bits per heavy atom. The van der Waals surface area contributed by atoms with Crippen LogP contribution in [0.4, 0.5) is 0 Å². The van der Waals surface area contributed by atoms with Gasteiger partial charge in [-0.25, -0.2) is 9.59 Å². The zero-order valence-electron chi connectivity index (χ0n) is 8.53. The van der Waals surface area contributed by atoms with Crippen molar-refractivity contribution in [1.29, 1.82) is 0 Å². The first-order chi connectivity index (χ1) is 7.08. The molecular formula is C11H11NO3. The lowest BCUT2D eigenvalue weighted by molar-refractivity contribution is 0.460. The Morgan fingerprint density at radius 3 is 2.67 bits per heavy atom. The monoisotopic (exact) mass is 205 g/mol. The summed E-state index contributed by atoms with van der Waals surface area (Å²) in [6.45, 7) is 4.07. The van der Waals surface area contributed by atoms with E-state index in [0.717, 1.165) is 5.56 Å². The maximum atomic E-state index is 11.4. The molecular weight excluding hydrogens is 194 g/mol. The smallest absolute Gasteiger partial charge is 0.372 e. The summed E-state index contributed by atoms with van der Waals surface area (Å²) in [6.07, 6.45) is 0. The molecule has 2 aromatic rings. The molecule has 2 rings (SSSR count). The molecule has 1 heterocycles. The molecule has 0 aliphatic carbocycles. The molecule has 0 saturated heterocycles. The first-order valence-corrected chi connectivity index (χ1v) is 4.75. The topological polar surface area (TPSA) is 63.1 Å². The zero-order chi connectivity index (χ0) is 11.0. The van der Waals surface area contributed by atoms with Gasteiger partial charge in [0.1, 0.15) is 0 Å². The summed E-state index contributed by atoms with van der Waals surface area (Å²) in [5, 5.41) is 0.417. The molecule has 0 fully saturated rings. The maximum absolute atomic E-state index is 11.4. The van der Waals surface area contributed by atoms with Crippen LogP contribution in [0.5, 0.6) is 0 Å². The Morgan fingerprint density at radius 2 is 2.00 bits per heavy atom. The highest BCUT2D eigenvalue weighted by atomic mass is 16.4. The van der Waals surface area contributed by atoms with Gasteiger partial charge in [-0.05, 0) is 23.6 Å². The molecule has 1 aromatic carbocycles. The van der Waals surface area contributed by atoms with Crippen molar-refractivity contribution in [2.24, 2.45) is 0 Å². The highest BCUT2D eigenvalue weighted by molar-refractivity contribution is 5.77. The highest BCUT2D eigenvalue weighted by Crippen LogP contribution is 2.17. The summed E-state index contributed by atoms with van der Waals surface area (Å²) < 4.78 is 4.46. The average Bonchev–Trinajstić information content (AvgIpc) is 2.16. The zero-order valence-corrected chi connectivity index (χ0v) is 8.53. The second kappa shape index (κ2) is 3.38. The Bertz CT molecular complexity index is 607. The van der Waals surface area contributed by atoms with E-state index >= 15 is 0 Å². The quantitative estimate of drug-likeness (QED) is 0.769. The SMILES string of the molecule is CC(C)c1ccc2[nH]c(=O)oc(=O)c2c1. The third kappa shape index (κ3) is 1.70. The second-order valence-electron chi connectivity index (χ2n) is 3.76. The highest BCUT2D eigenvalue weighted by Gasteiger charge is 2.05. The number of fused-ring (bicyclic) bond motifs is 1. The molecule has 0 unspecified atom stereocenters. The van der Waals surface area contributed by atoms with Gasteiger partial charge in [0.05, 0.1) is 10.9 Å². The number of rotatable bonds is 1. The number of nitrogens with one attached hydrogen (secondary N) is 1. The normalized spacial score (nSPS) is 11.1. The van der Waals surface area contributed by atoms with Gasteiger partial charge in [-0.3, -0.25) is 4.98 Å². The molecule has 0 atom stereocenters. The van der Waals surface area contributed by atoms with E-state index in [9.17, 15) is 9.59 Å². The predicted molar refractivity (Wildman–Crippen MR) is 57.2 cm³/mol. The van der Waals surface area contributed by atoms with Gasteiger partial charge in [-0.2, -0.15) is 0 Å². The van der Waals surface area contributed by atoms with E-state index in [2.05, 4.69) is 9.40 Å². The van der Waals surface area contributed by atoms with Crippen molar-refractivity contribution in [3.8, 4) is 0 Å². The van der Waals surface area contributed by atoms with Gasteiger partial charge in [-0.1, -0.05) is 19.9 Å². The third-order valence-corrected chi connectivity index (χ3v) is 2.35. The van der Waals surface area contributed by atoms with Crippen molar-refractivity contribution in [3.63, 3.8) is 0 Å². The molecule has 1 aromatic heterocycles. The van der Waals surface area contributed by atoms with Crippen LogP contribution < -0.4 is 11.4 Å². The van der Waals surface area contributed by atoms with E-state index in [0.29, 0.717) is 16.8 Å². The number of hydrogen-bond donors (Lipinski definition) is 1. The minimum absolute atomic E-state index is 0.334. The Labute approximate surface area is 85.6 Å². The lowest BCUT2D eigenvalue weighted by Crippen LogP contribution is -2.14. The average molecular weight is 205 g/mol. The Hall–Kier alpha value is -1.84. The summed E-state index contributed by atoms with van der Waals surface area (Å²) in [7, 11) is 0. The fourth-order valence-corrected chi connectivity index (χ4v) is 1.47. The molecule has 15 heavy (non-hydrogen) atoms. The fourth-order valence-electron chi connectivity index (χ4n) is 1.47. The van der Waals surface area contributed by atoms with Crippen LogP contribution in [0, 0.1) is 0 Å². The van der Waals surface area contributed by atoms with Crippen molar-refractivity contribution in [2.75, 3.05) is 0 Å². The summed E-state index contributed by atoms with van der Waals surface area (Å²) in [5.41, 5.74) is 0.971. The number of aromatic nitrogens is 1. The van der Waals surface area contributed by atoms with Gasteiger partial charge in [0.2, 0.25) is 0 Å². The van der Waals surface area contributed by atoms with Gasteiger partial charge in [-0.15, -0.1) is 0 Å². The van der Waals surface area contributed by atoms with Crippen LogP contribution >= 0.6 is 0 Å². The van der Waals surface area contributed by atoms with Crippen LogP contribution in [-0.2, 0) is 0 Å². The fraction of sp³-hybridized carbons (Fsp3) is 0.273. The van der Waals surface area contributed by atoms with Gasteiger partial charge >= 0.3 is 11.4 Å². The second-order valence-corrected chi connectivity index (χ2v) is 3.76. The summed E-state index contributed by atoms with van der Waals surface area (Å²) in [6, 6.07) is 5.37. The first-order valence-electron chi connectivity index (χ1n) is 4.75. The maximum Gasteiger partial charge on any atom is 0.419 e. The molecule has 1 N–H and O–H groups in total. The molecule has 0 spiro atoms. The molecule has 0 bridgehead atoms. The number of aromatic amines is 1. The van der Waals surface area contributed by atoms with Gasteiger partial charge in [0.25, 0.3) is 0 Å². The first kappa shape index (κ1) is 9.71.